The van der Waals surface area contributed by atoms with Crippen LogP contribution in [0.25, 0.3) is 0 Å². The monoisotopic (exact) mass is 268 g/mol. The van der Waals surface area contributed by atoms with Gasteiger partial charge in [-0.1, -0.05) is 12.8 Å². The Morgan fingerprint density at radius 3 is 2.79 bits per heavy atom. The van der Waals surface area contributed by atoms with Crippen molar-refractivity contribution in [1.82, 2.24) is 5.32 Å². The van der Waals surface area contributed by atoms with Crippen molar-refractivity contribution in [2.24, 2.45) is 17.6 Å². The smallest absolute Gasteiger partial charge is 0.223 e. The van der Waals surface area contributed by atoms with Crippen LogP contribution in [-0.4, -0.2) is 31.2 Å². The number of carbonyl (C=O) groups excluding carboxylic acids is 1. The zero-order valence-corrected chi connectivity index (χ0v) is 12.1. The van der Waals surface area contributed by atoms with Gasteiger partial charge in [0.2, 0.25) is 5.91 Å². The number of hydrogen-bond acceptors (Lipinski definition) is 3. The SMILES string of the molecule is CC1(NC(=O)C2CCCC(CCN)C2)CCOCC1. The lowest BCUT2D eigenvalue weighted by Gasteiger charge is -2.37. The molecule has 2 unspecified atom stereocenters. The molecule has 3 N–H and O–H groups in total. The van der Waals surface area contributed by atoms with E-state index in [1.54, 1.807) is 0 Å². The van der Waals surface area contributed by atoms with Gasteiger partial charge in [0.1, 0.15) is 0 Å². The summed E-state index contributed by atoms with van der Waals surface area (Å²) in [7, 11) is 0. The first kappa shape index (κ1) is 14.8. The first-order valence-electron chi connectivity index (χ1n) is 7.73. The van der Waals surface area contributed by atoms with Gasteiger partial charge in [-0.25, -0.2) is 0 Å². The third-order valence-electron chi connectivity index (χ3n) is 4.75. The summed E-state index contributed by atoms with van der Waals surface area (Å²) in [6, 6.07) is 0. The summed E-state index contributed by atoms with van der Waals surface area (Å²) in [4.78, 5) is 12.4. The molecular weight excluding hydrogens is 240 g/mol. The summed E-state index contributed by atoms with van der Waals surface area (Å²) in [5, 5.41) is 3.28. The van der Waals surface area contributed by atoms with Crippen LogP contribution in [0.4, 0.5) is 0 Å². The van der Waals surface area contributed by atoms with Crippen LogP contribution >= 0.6 is 0 Å². The molecule has 0 aromatic carbocycles. The second-order valence-corrected chi connectivity index (χ2v) is 6.47. The van der Waals surface area contributed by atoms with Crippen molar-refractivity contribution >= 4 is 5.91 Å². The van der Waals surface area contributed by atoms with E-state index in [9.17, 15) is 4.79 Å². The highest BCUT2D eigenvalue weighted by Crippen LogP contribution is 2.32. The van der Waals surface area contributed by atoms with Crippen molar-refractivity contribution in [1.29, 1.82) is 0 Å². The van der Waals surface area contributed by atoms with E-state index in [1.807, 2.05) is 0 Å². The summed E-state index contributed by atoms with van der Waals surface area (Å²) in [6.45, 7) is 4.41. The molecule has 2 aliphatic rings. The molecule has 1 aliphatic carbocycles. The van der Waals surface area contributed by atoms with Gasteiger partial charge in [0, 0.05) is 24.7 Å². The van der Waals surface area contributed by atoms with Crippen LogP contribution in [0.3, 0.4) is 0 Å². The Kier molecular flexibility index (Phi) is 5.22. The first-order chi connectivity index (χ1) is 9.13. The van der Waals surface area contributed by atoms with E-state index < -0.39 is 0 Å². The maximum absolute atomic E-state index is 12.4. The predicted octanol–water partition coefficient (Wildman–Crippen LogP) is 1.83. The molecule has 0 spiro atoms. The molecule has 2 fully saturated rings. The first-order valence-corrected chi connectivity index (χ1v) is 7.73. The molecular formula is C15H28N2O2. The minimum Gasteiger partial charge on any atom is -0.381 e. The largest absolute Gasteiger partial charge is 0.381 e. The molecule has 2 rings (SSSR count). The van der Waals surface area contributed by atoms with Crippen molar-refractivity contribution in [3.63, 3.8) is 0 Å². The highest BCUT2D eigenvalue weighted by molar-refractivity contribution is 5.79. The van der Waals surface area contributed by atoms with Crippen LogP contribution in [0.1, 0.15) is 51.9 Å². The van der Waals surface area contributed by atoms with Crippen LogP contribution in [0.5, 0.6) is 0 Å². The van der Waals surface area contributed by atoms with Crippen molar-refractivity contribution in [2.45, 2.75) is 57.4 Å². The third kappa shape index (κ3) is 4.18. The molecule has 1 aliphatic heterocycles. The van der Waals surface area contributed by atoms with Gasteiger partial charge in [0.15, 0.2) is 0 Å². The normalized spacial score (nSPS) is 30.8. The van der Waals surface area contributed by atoms with Gasteiger partial charge in [-0.2, -0.15) is 0 Å². The second kappa shape index (κ2) is 6.71. The molecule has 1 saturated carbocycles. The number of carbonyl (C=O) groups is 1. The van der Waals surface area contributed by atoms with Crippen LogP contribution in [0, 0.1) is 11.8 Å². The molecule has 1 saturated heterocycles. The number of hydrogen-bond donors (Lipinski definition) is 2. The van der Waals surface area contributed by atoms with Gasteiger partial charge in [0.25, 0.3) is 0 Å². The Morgan fingerprint density at radius 1 is 1.37 bits per heavy atom. The number of amides is 1. The summed E-state index contributed by atoms with van der Waals surface area (Å²) < 4.78 is 5.38. The van der Waals surface area contributed by atoms with E-state index in [4.69, 9.17) is 10.5 Å². The van der Waals surface area contributed by atoms with E-state index in [2.05, 4.69) is 12.2 Å². The van der Waals surface area contributed by atoms with Gasteiger partial charge in [-0.3, -0.25) is 4.79 Å². The maximum Gasteiger partial charge on any atom is 0.223 e. The Morgan fingerprint density at radius 2 is 2.11 bits per heavy atom. The minimum atomic E-state index is -0.0594. The van der Waals surface area contributed by atoms with Crippen LogP contribution in [0.2, 0.25) is 0 Å². The minimum absolute atomic E-state index is 0.0594. The second-order valence-electron chi connectivity index (χ2n) is 6.47. The molecule has 2 atom stereocenters. The standard InChI is InChI=1S/C15H28N2O2/c1-15(6-9-19-10-7-15)17-14(18)13-4-2-3-12(11-13)5-8-16/h12-13H,2-11,16H2,1H3,(H,17,18). The lowest BCUT2D eigenvalue weighted by atomic mass is 9.79. The Bertz CT molecular complexity index is 299. The Hall–Kier alpha value is -0.610. The van der Waals surface area contributed by atoms with Crippen molar-refractivity contribution in [3.05, 3.63) is 0 Å². The molecule has 0 bridgehead atoms. The van der Waals surface area contributed by atoms with E-state index in [0.29, 0.717) is 5.92 Å². The Labute approximate surface area is 116 Å². The van der Waals surface area contributed by atoms with Gasteiger partial charge in [0.05, 0.1) is 0 Å². The highest BCUT2D eigenvalue weighted by atomic mass is 16.5. The third-order valence-corrected chi connectivity index (χ3v) is 4.75. The average molecular weight is 268 g/mol. The van der Waals surface area contributed by atoms with Crippen molar-refractivity contribution < 1.29 is 9.53 Å². The summed E-state index contributed by atoms with van der Waals surface area (Å²) >= 11 is 0. The van der Waals surface area contributed by atoms with Gasteiger partial charge in [-0.15, -0.1) is 0 Å². The lowest BCUT2D eigenvalue weighted by molar-refractivity contribution is -0.129. The molecule has 1 heterocycles. The van der Waals surface area contributed by atoms with Crippen LogP contribution in [-0.2, 0) is 9.53 Å². The number of rotatable bonds is 4. The van der Waals surface area contributed by atoms with Gasteiger partial charge >= 0.3 is 0 Å². The molecule has 0 aromatic heterocycles. The van der Waals surface area contributed by atoms with Gasteiger partial charge in [-0.05, 0) is 51.5 Å². The quantitative estimate of drug-likeness (QED) is 0.817. The number of ether oxygens (including phenoxy) is 1. The fourth-order valence-electron chi connectivity index (χ4n) is 3.37. The fourth-order valence-corrected chi connectivity index (χ4v) is 3.37. The molecule has 4 nitrogen and oxygen atoms in total. The molecule has 110 valence electrons. The summed E-state index contributed by atoms with van der Waals surface area (Å²) in [5.74, 6) is 1.10. The summed E-state index contributed by atoms with van der Waals surface area (Å²) in [5.41, 5.74) is 5.58. The lowest BCUT2D eigenvalue weighted by Crippen LogP contribution is -2.51. The maximum atomic E-state index is 12.4. The molecule has 1 amide bonds. The summed E-state index contributed by atoms with van der Waals surface area (Å²) in [6.07, 6.45) is 7.40. The van der Waals surface area contributed by atoms with Crippen LogP contribution < -0.4 is 11.1 Å². The Balaban J connectivity index is 1.84. The molecule has 0 radical (unpaired) electrons. The molecule has 4 heteroatoms. The zero-order valence-electron chi connectivity index (χ0n) is 12.1. The zero-order chi connectivity index (χ0) is 13.7. The topological polar surface area (TPSA) is 64.4 Å². The average Bonchev–Trinajstić information content (AvgIpc) is 2.40. The van der Waals surface area contributed by atoms with E-state index in [-0.39, 0.29) is 17.4 Å². The molecule has 19 heavy (non-hydrogen) atoms. The highest BCUT2D eigenvalue weighted by Gasteiger charge is 2.33. The van der Waals surface area contributed by atoms with Crippen molar-refractivity contribution in [2.75, 3.05) is 19.8 Å². The molecule has 0 aromatic rings. The fraction of sp³-hybridized carbons (Fsp3) is 0.933. The van der Waals surface area contributed by atoms with E-state index in [1.165, 1.54) is 12.8 Å². The van der Waals surface area contributed by atoms with E-state index in [0.717, 1.165) is 51.9 Å². The van der Waals surface area contributed by atoms with Crippen molar-refractivity contribution in [3.8, 4) is 0 Å². The van der Waals surface area contributed by atoms with Gasteiger partial charge < -0.3 is 15.8 Å². The van der Waals surface area contributed by atoms with Crippen LogP contribution in [0.15, 0.2) is 0 Å². The number of nitrogens with two attached hydrogens (primary N) is 1. The van der Waals surface area contributed by atoms with E-state index >= 15 is 0 Å². The number of nitrogens with one attached hydrogen (secondary N) is 1. The predicted molar refractivity (Wildman–Crippen MR) is 75.7 cm³/mol.